The van der Waals surface area contributed by atoms with Crippen LogP contribution < -0.4 is 0 Å². The van der Waals surface area contributed by atoms with Crippen LogP contribution in [0.4, 0.5) is 0 Å². The molecule has 0 fully saturated rings. The fourth-order valence-corrected chi connectivity index (χ4v) is 1.48. The minimum Gasteiger partial charge on any atom is -0.295 e. The molecule has 0 amide bonds. The van der Waals surface area contributed by atoms with Crippen molar-refractivity contribution >= 4 is 5.57 Å². The van der Waals surface area contributed by atoms with E-state index in [1.54, 1.807) is 0 Å². The second-order valence-electron chi connectivity index (χ2n) is 3.18. The molecule has 0 bridgehead atoms. The Balaban J connectivity index is 2.22. The summed E-state index contributed by atoms with van der Waals surface area (Å²) in [5, 5.41) is 1.86. The van der Waals surface area contributed by atoms with Crippen LogP contribution in [0.1, 0.15) is 5.56 Å². The molecule has 68 valence electrons. The number of benzene rings is 1. The first kappa shape index (κ1) is 8.48. The first-order valence-corrected chi connectivity index (χ1v) is 4.45. The minimum atomic E-state index is 0.681. The number of likely N-dealkylation sites (N-methyl/N-ethyl adjacent to an activating group) is 1. The van der Waals surface area contributed by atoms with Gasteiger partial charge >= 0.3 is 0 Å². The zero-order chi connectivity index (χ0) is 9.10. The maximum Gasteiger partial charge on any atom is 0.0873 e. The lowest BCUT2D eigenvalue weighted by molar-refractivity contribution is -0.122. The van der Waals surface area contributed by atoms with E-state index < -0.39 is 0 Å². The molecule has 1 aromatic carbocycles. The summed E-state index contributed by atoms with van der Waals surface area (Å²) in [6.07, 6.45) is 2.13. The van der Waals surface area contributed by atoms with Crippen LogP contribution in [-0.2, 0) is 4.84 Å². The van der Waals surface area contributed by atoms with E-state index in [9.17, 15) is 0 Å². The fourth-order valence-electron chi connectivity index (χ4n) is 1.48. The van der Waals surface area contributed by atoms with Crippen LogP contribution in [0.2, 0.25) is 0 Å². The van der Waals surface area contributed by atoms with Gasteiger partial charge in [0.2, 0.25) is 0 Å². The monoisotopic (exact) mass is 175 g/mol. The summed E-state index contributed by atoms with van der Waals surface area (Å²) in [4.78, 5) is 5.29. The van der Waals surface area contributed by atoms with Crippen molar-refractivity contribution < 1.29 is 4.84 Å². The molecule has 0 saturated heterocycles. The lowest BCUT2D eigenvalue weighted by Crippen LogP contribution is -2.25. The summed E-state index contributed by atoms with van der Waals surface area (Å²) in [6.45, 7) is 1.55. The van der Waals surface area contributed by atoms with Crippen LogP contribution in [0, 0.1) is 0 Å². The smallest absolute Gasteiger partial charge is 0.0873 e. The van der Waals surface area contributed by atoms with E-state index >= 15 is 0 Å². The molecule has 0 aromatic heterocycles. The molecule has 2 heteroatoms. The van der Waals surface area contributed by atoms with Gasteiger partial charge in [-0.25, -0.2) is 0 Å². The number of hydroxylamine groups is 2. The van der Waals surface area contributed by atoms with Crippen molar-refractivity contribution in [2.45, 2.75) is 0 Å². The quantitative estimate of drug-likeness (QED) is 0.646. The summed E-state index contributed by atoms with van der Waals surface area (Å²) < 4.78 is 0. The highest BCUT2D eigenvalue weighted by Gasteiger charge is 2.09. The zero-order valence-corrected chi connectivity index (χ0v) is 7.73. The van der Waals surface area contributed by atoms with Crippen molar-refractivity contribution in [3.05, 3.63) is 42.0 Å². The van der Waals surface area contributed by atoms with Gasteiger partial charge in [-0.1, -0.05) is 36.4 Å². The van der Waals surface area contributed by atoms with Crippen molar-refractivity contribution in [2.75, 3.05) is 20.2 Å². The van der Waals surface area contributed by atoms with Crippen molar-refractivity contribution in [3.63, 3.8) is 0 Å². The Morgan fingerprint density at radius 1 is 1.23 bits per heavy atom. The Hall–Kier alpha value is -1.12. The second kappa shape index (κ2) is 3.73. The van der Waals surface area contributed by atoms with Crippen LogP contribution in [0.25, 0.3) is 5.57 Å². The number of nitrogens with zero attached hydrogens (tertiary/aromatic N) is 1. The number of hydrogen-bond donors (Lipinski definition) is 0. The molecule has 2 rings (SSSR count). The van der Waals surface area contributed by atoms with Gasteiger partial charge in [0.25, 0.3) is 0 Å². The Kier molecular flexibility index (Phi) is 2.43. The second-order valence-corrected chi connectivity index (χ2v) is 3.18. The van der Waals surface area contributed by atoms with Gasteiger partial charge < -0.3 is 0 Å². The lowest BCUT2D eigenvalue weighted by Gasteiger charge is -2.22. The van der Waals surface area contributed by atoms with Gasteiger partial charge in [-0.2, -0.15) is 5.06 Å². The van der Waals surface area contributed by atoms with E-state index in [1.807, 2.05) is 18.2 Å². The summed E-state index contributed by atoms with van der Waals surface area (Å²) >= 11 is 0. The standard InChI is InChI=1S/C11H13NO/c1-12-9-11(7-8-13-12)10-5-3-2-4-6-10/h2-7H,8-9H2,1H3. The molecule has 1 aliphatic rings. The molecule has 2 nitrogen and oxygen atoms in total. The SMILES string of the molecule is CN1CC(c2ccccc2)=CCO1. The summed E-state index contributed by atoms with van der Waals surface area (Å²) in [5.41, 5.74) is 2.63. The van der Waals surface area contributed by atoms with Crippen molar-refractivity contribution in [2.24, 2.45) is 0 Å². The van der Waals surface area contributed by atoms with Crippen LogP contribution >= 0.6 is 0 Å². The van der Waals surface area contributed by atoms with Crippen molar-refractivity contribution in [1.82, 2.24) is 5.06 Å². The summed E-state index contributed by atoms with van der Waals surface area (Å²) in [7, 11) is 1.95. The minimum absolute atomic E-state index is 0.681. The van der Waals surface area contributed by atoms with Crippen molar-refractivity contribution in [3.8, 4) is 0 Å². The van der Waals surface area contributed by atoms with Crippen LogP contribution in [-0.4, -0.2) is 25.3 Å². The predicted octanol–water partition coefficient (Wildman–Crippen LogP) is 1.95. The highest BCUT2D eigenvalue weighted by Crippen LogP contribution is 2.17. The summed E-state index contributed by atoms with van der Waals surface area (Å²) in [5.74, 6) is 0. The third kappa shape index (κ3) is 1.97. The topological polar surface area (TPSA) is 12.5 Å². The highest BCUT2D eigenvalue weighted by molar-refractivity contribution is 5.67. The van der Waals surface area contributed by atoms with E-state index in [0.29, 0.717) is 6.61 Å². The van der Waals surface area contributed by atoms with Crippen molar-refractivity contribution in [1.29, 1.82) is 0 Å². The van der Waals surface area contributed by atoms with Gasteiger partial charge in [0.05, 0.1) is 6.61 Å². The number of rotatable bonds is 1. The molecule has 1 aliphatic heterocycles. The predicted molar refractivity (Wildman–Crippen MR) is 53.0 cm³/mol. The molecular weight excluding hydrogens is 162 g/mol. The zero-order valence-electron chi connectivity index (χ0n) is 7.73. The van der Waals surface area contributed by atoms with E-state index in [0.717, 1.165) is 6.54 Å². The van der Waals surface area contributed by atoms with Gasteiger partial charge in [0, 0.05) is 13.6 Å². The lowest BCUT2D eigenvalue weighted by atomic mass is 10.1. The molecule has 0 saturated carbocycles. The van der Waals surface area contributed by atoms with Crippen LogP contribution in [0.3, 0.4) is 0 Å². The van der Waals surface area contributed by atoms with Gasteiger partial charge in [-0.15, -0.1) is 0 Å². The normalized spacial score (nSPS) is 18.4. The number of hydrogen-bond acceptors (Lipinski definition) is 2. The molecule has 0 spiro atoms. The average molecular weight is 175 g/mol. The van der Waals surface area contributed by atoms with Crippen LogP contribution in [0.5, 0.6) is 0 Å². The molecular formula is C11H13NO. The van der Waals surface area contributed by atoms with E-state index in [2.05, 4.69) is 30.3 Å². The van der Waals surface area contributed by atoms with Gasteiger partial charge in [-0.3, -0.25) is 4.84 Å². The fraction of sp³-hybridized carbons (Fsp3) is 0.273. The highest BCUT2D eigenvalue weighted by atomic mass is 16.7. The molecule has 0 atom stereocenters. The molecule has 0 aliphatic carbocycles. The maximum atomic E-state index is 5.29. The van der Waals surface area contributed by atoms with Crippen LogP contribution in [0.15, 0.2) is 36.4 Å². The first-order chi connectivity index (χ1) is 6.36. The molecule has 0 N–H and O–H groups in total. The van der Waals surface area contributed by atoms with Gasteiger partial charge in [0.1, 0.15) is 0 Å². The van der Waals surface area contributed by atoms with E-state index in [1.165, 1.54) is 11.1 Å². The average Bonchev–Trinajstić information content (AvgIpc) is 2.19. The first-order valence-electron chi connectivity index (χ1n) is 4.45. The van der Waals surface area contributed by atoms with E-state index in [-0.39, 0.29) is 0 Å². The Labute approximate surface area is 78.4 Å². The van der Waals surface area contributed by atoms with E-state index in [4.69, 9.17) is 4.84 Å². The van der Waals surface area contributed by atoms with Gasteiger partial charge in [-0.05, 0) is 11.1 Å². The molecule has 0 unspecified atom stereocenters. The molecule has 13 heavy (non-hydrogen) atoms. The molecule has 1 aromatic rings. The largest absolute Gasteiger partial charge is 0.295 e. The third-order valence-corrected chi connectivity index (χ3v) is 2.16. The molecule has 0 radical (unpaired) electrons. The third-order valence-electron chi connectivity index (χ3n) is 2.16. The Morgan fingerprint density at radius 2 is 2.00 bits per heavy atom. The maximum absolute atomic E-state index is 5.29. The van der Waals surface area contributed by atoms with Gasteiger partial charge in [0.15, 0.2) is 0 Å². The Morgan fingerprint density at radius 3 is 2.69 bits per heavy atom. The Bertz CT molecular complexity index is 305. The summed E-state index contributed by atoms with van der Waals surface area (Å²) in [6, 6.07) is 10.4. The molecule has 1 heterocycles.